The van der Waals surface area contributed by atoms with Crippen LogP contribution in [0.15, 0.2) is 22.7 Å². The fraction of sp³-hybridized carbons (Fsp3) is 0.111. The molecule has 0 unspecified atom stereocenters. The molecule has 0 saturated heterocycles. The molecule has 0 atom stereocenters. The van der Waals surface area contributed by atoms with E-state index < -0.39 is 5.82 Å². The average Bonchev–Trinajstić information content (AvgIpc) is 2.66. The summed E-state index contributed by atoms with van der Waals surface area (Å²) in [7, 11) is 0. The molecule has 0 saturated carbocycles. The highest BCUT2D eigenvalue weighted by Gasteiger charge is 2.11. The first-order chi connectivity index (χ1) is 7.20. The maximum absolute atomic E-state index is 12.8. The average molecular weight is 228 g/mol. The highest BCUT2D eigenvalue weighted by molar-refractivity contribution is 6.33. The van der Waals surface area contributed by atoms with Crippen LogP contribution in [0.25, 0.3) is 11.5 Å². The molecule has 1 heterocycles. The molecule has 4 nitrogen and oxygen atoms in total. The van der Waals surface area contributed by atoms with Crippen LogP contribution in [0.3, 0.4) is 0 Å². The third-order valence-electron chi connectivity index (χ3n) is 1.81. The van der Waals surface area contributed by atoms with Gasteiger partial charge in [-0.1, -0.05) is 16.8 Å². The SMILES string of the molecule is NCc1noc(-c2ccc(F)cc2Cl)n1. The molecular weight excluding hydrogens is 221 g/mol. The van der Waals surface area contributed by atoms with Crippen molar-refractivity contribution in [2.75, 3.05) is 0 Å². The zero-order valence-electron chi connectivity index (χ0n) is 7.58. The zero-order valence-corrected chi connectivity index (χ0v) is 8.33. The first-order valence-electron chi connectivity index (χ1n) is 4.19. The van der Waals surface area contributed by atoms with Crippen molar-refractivity contribution in [3.8, 4) is 11.5 Å². The van der Waals surface area contributed by atoms with Gasteiger partial charge in [0.05, 0.1) is 17.1 Å². The number of halogens is 2. The Kier molecular flexibility index (Phi) is 2.66. The molecular formula is C9H7ClFN3O. The van der Waals surface area contributed by atoms with Crippen LogP contribution in [0.2, 0.25) is 5.02 Å². The second-order valence-electron chi connectivity index (χ2n) is 2.84. The number of aromatic nitrogens is 2. The van der Waals surface area contributed by atoms with Crippen molar-refractivity contribution in [1.82, 2.24) is 10.1 Å². The van der Waals surface area contributed by atoms with Gasteiger partial charge in [-0.3, -0.25) is 0 Å². The van der Waals surface area contributed by atoms with E-state index in [9.17, 15) is 4.39 Å². The number of nitrogens with two attached hydrogens (primary N) is 1. The van der Waals surface area contributed by atoms with E-state index in [1.807, 2.05) is 0 Å². The third kappa shape index (κ3) is 1.98. The van der Waals surface area contributed by atoms with Gasteiger partial charge in [0.25, 0.3) is 5.89 Å². The number of rotatable bonds is 2. The fourth-order valence-electron chi connectivity index (χ4n) is 1.11. The quantitative estimate of drug-likeness (QED) is 0.852. The molecule has 2 N–H and O–H groups in total. The number of benzene rings is 1. The monoisotopic (exact) mass is 227 g/mol. The summed E-state index contributed by atoms with van der Waals surface area (Å²) in [5, 5.41) is 3.84. The topological polar surface area (TPSA) is 64.9 Å². The van der Waals surface area contributed by atoms with Crippen LogP contribution in [0.4, 0.5) is 4.39 Å². The molecule has 0 aliphatic heterocycles. The van der Waals surface area contributed by atoms with E-state index in [1.165, 1.54) is 18.2 Å². The van der Waals surface area contributed by atoms with Crippen LogP contribution in [0, 0.1) is 5.82 Å². The normalized spacial score (nSPS) is 10.6. The standard InChI is InChI=1S/C9H7ClFN3O/c10-7-3-5(11)1-2-6(7)9-13-8(4-12)14-15-9/h1-3H,4,12H2. The summed E-state index contributed by atoms with van der Waals surface area (Å²) in [5.41, 5.74) is 5.82. The Hall–Kier alpha value is -1.46. The summed E-state index contributed by atoms with van der Waals surface area (Å²) < 4.78 is 17.7. The fourth-order valence-corrected chi connectivity index (χ4v) is 1.36. The lowest BCUT2D eigenvalue weighted by molar-refractivity contribution is 0.423. The molecule has 0 aliphatic rings. The van der Waals surface area contributed by atoms with Gasteiger partial charge >= 0.3 is 0 Å². The molecule has 0 fully saturated rings. The molecule has 1 aromatic heterocycles. The minimum absolute atomic E-state index is 0.183. The number of hydrogen-bond donors (Lipinski definition) is 1. The van der Waals surface area contributed by atoms with Crippen molar-refractivity contribution in [3.63, 3.8) is 0 Å². The largest absolute Gasteiger partial charge is 0.334 e. The van der Waals surface area contributed by atoms with Crippen molar-refractivity contribution >= 4 is 11.6 Å². The minimum Gasteiger partial charge on any atom is -0.334 e. The lowest BCUT2D eigenvalue weighted by Gasteiger charge is -1.97. The smallest absolute Gasteiger partial charge is 0.259 e. The van der Waals surface area contributed by atoms with Gasteiger partial charge in [-0.05, 0) is 18.2 Å². The van der Waals surface area contributed by atoms with Gasteiger partial charge in [0, 0.05) is 0 Å². The number of nitrogens with zero attached hydrogens (tertiary/aromatic N) is 2. The highest BCUT2D eigenvalue weighted by atomic mass is 35.5. The Balaban J connectivity index is 2.44. The van der Waals surface area contributed by atoms with E-state index in [1.54, 1.807) is 0 Å². The first kappa shape index (κ1) is 10.1. The Bertz CT molecular complexity index is 486. The summed E-state index contributed by atoms with van der Waals surface area (Å²) in [6, 6.07) is 3.93. The van der Waals surface area contributed by atoms with E-state index in [0.29, 0.717) is 11.4 Å². The summed E-state index contributed by atoms with van der Waals surface area (Å²) in [6.45, 7) is 0.183. The Morgan fingerprint density at radius 1 is 1.47 bits per heavy atom. The van der Waals surface area contributed by atoms with Crippen molar-refractivity contribution in [2.45, 2.75) is 6.54 Å². The highest BCUT2D eigenvalue weighted by Crippen LogP contribution is 2.26. The van der Waals surface area contributed by atoms with E-state index in [2.05, 4.69) is 10.1 Å². The summed E-state index contributed by atoms with van der Waals surface area (Å²) in [5.74, 6) is 0.202. The van der Waals surface area contributed by atoms with Gasteiger partial charge in [0.1, 0.15) is 5.82 Å². The molecule has 15 heavy (non-hydrogen) atoms. The van der Waals surface area contributed by atoms with E-state index in [0.717, 1.165) is 0 Å². The van der Waals surface area contributed by atoms with Gasteiger partial charge in [-0.15, -0.1) is 0 Å². The Morgan fingerprint density at radius 2 is 2.27 bits per heavy atom. The van der Waals surface area contributed by atoms with Crippen LogP contribution in [0.5, 0.6) is 0 Å². The second-order valence-corrected chi connectivity index (χ2v) is 3.25. The third-order valence-corrected chi connectivity index (χ3v) is 2.12. The molecule has 0 aliphatic carbocycles. The molecule has 2 rings (SSSR count). The van der Waals surface area contributed by atoms with Gasteiger partial charge in [0.2, 0.25) is 0 Å². The summed E-state index contributed by atoms with van der Waals surface area (Å²) in [4.78, 5) is 3.98. The van der Waals surface area contributed by atoms with Gasteiger partial charge in [-0.25, -0.2) is 4.39 Å². The molecule has 0 radical (unpaired) electrons. The van der Waals surface area contributed by atoms with E-state index in [-0.39, 0.29) is 17.5 Å². The number of hydrogen-bond acceptors (Lipinski definition) is 4. The zero-order chi connectivity index (χ0) is 10.8. The van der Waals surface area contributed by atoms with Crippen LogP contribution in [-0.4, -0.2) is 10.1 Å². The van der Waals surface area contributed by atoms with Gasteiger partial charge < -0.3 is 10.3 Å². The van der Waals surface area contributed by atoms with Crippen molar-refractivity contribution in [2.24, 2.45) is 5.73 Å². The summed E-state index contributed by atoms with van der Waals surface area (Å²) >= 11 is 5.82. The molecule has 1 aromatic carbocycles. The van der Waals surface area contributed by atoms with Gasteiger partial charge in [0.15, 0.2) is 5.82 Å². The molecule has 0 amide bonds. The lowest BCUT2D eigenvalue weighted by Crippen LogP contribution is -1.97. The van der Waals surface area contributed by atoms with Crippen molar-refractivity contribution in [1.29, 1.82) is 0 Å². The second kappa shape index (κ2) is 3.96. The van der Waals surface area contributed by atoms with E-state index in [4.69, 9.17) is 21.9 Å². The van der Waals surface area contributed by atoms with Gasteiger partial charge in [-0.2, -0.15) is 4.98 Å². The molecule has 2 aromatic rings. The predicted octanol–water partition coefficient (Wildman–Crippen LogP) is 1.99. The Morgan fingerprint density at radius 3 is 2.87 bits per heavy atom. The molecule has 78 valence electrons. The molecule has 0 bridgehead atoms. The Labute approximate surface area is 89.8 Å². The van der Waals surface area contributed by atoms with Crippen LogP contribution in [0.1, 0.15) is 5.82 Å². The minimum atomic E-state index is -0.415. The lowest BCUT2D eigenvalue weighted by atomic mass is 10.2. The molecule has 0 spiro atoms. The maximum Gasteiger partial charge on any atom is 0.259 e. The predicted molar refractivity (Wildman–Crippen MR) is 52.6 cm³/mol. The maximum atomic E-state index is 12.8. The van der Waals surface area contributed by atoms with E-state index >= 15 is 0 Å². The van der Waals surface area contributed by atoms with Crippen LogP contribution < -0.4 is 5.73 Å². The van der Waals surface area contributed by atoms with Crippen LogP contribution >= 0.6 is 11.6 Å². The van der Waals surface area contributed by atoms with Crippen molar-refractivity contribution < 1.29 is 8.91 Å². The van der Waals surface area contributed by atoms with Crippen molar-refractivity contribution in [3.05, 3.63) is 34.9 Å². The van der Waals surface area contributed by atoms with Crippen LogP contribution in [-0.2, 0) is 6.54 Å². The molecule has 6 heteroatoms. The summed E-state index contributed by atoms with van der Waals surface area (Å²) in [6.07, 6.45) is 0. The first-order valence-corrected chi connectivity index (χ1v) is 4.56.